The summed E-state index contributed by atoms with van der Waals surface area (Å²) in [5, 5.41) is 9.46. The Morgan fingerprint density at radius 3 is 2.34 bits per heavy atom. The van der Waals surface area contributed by atoms with Crippen LogP contribution in [0.4, 0.5) is 0 Å². The van der Waals surface area contributed by atoms with Crippen molar-refractivity contribution in [3.05, 3.63) is 122 Å². The van der Waals surface area contributed by atoms with Crippen LogP contribution in [0.15, 0.2) is 94.5 Å². The minimum atomic E-state index is -0.669. The Morgan fingerprint density at radius 1 is 0.875 bits per heavy atom. The lowest BCUT2D eigenvalue weighted by Gasteiger charge is -2.15. The molecular weight excluding hydrogens is 406 g/mol. The molecule has 0 unspecified atom stereocenters. The Labute approximate surface area is 183 Å². The fourth-order valence-electron chi connectivity index (χ4n) is 3.65. The fraction of sp³-hybridized carbons (Fsp3) is 0.0800. The number of nitrogens with one attached hydrogen (secondary N) is 1. The van der Waals surface area contributed by atoms with Crippen LogP contribution in [0.3, 0.4) is 0 Å². The third kappa shape index (κ3) is 4.14. The van der Waals surface area contributed by atoms with Crippen molar-refractivity contribution in [3.63, 3.8) is 0 Å². The second kappa shape index (κ2) is 9.28. The Bertz CT molecular complexity index is 1420. The summed E-state index contributed by atoms with van der Waals surface area (Å²) >= 11 is 0. The summed E-state index contributed by atoms with van der Waals surface area (Å²) in [5.74, 6) is -0.669. The zero-order valence-corrected chi connectivity index (χ0v) is 17.1. The lowest BCUT2D eigenvalue weighted by atomic mass is 10.1. The van der Waals surface area contributed by atoms with Gasteiger partial charge in [-0.25, -0.2) is 10.3 Å². The van der Waals surface area contributed by atoms with E-state index < -0.39 is 11.6 Å². The van der Waals surface area contributed by atoms with E-state index in [1.165, 1.54) is 9.13 Å². The van der Waals surface area contributed by atoms with Gasteiger partial charge in [-0.15, -0.1) is 0 Å². The average Bonchev–Trinajstić information content (AvgIpc) is 2.84. The summed E-state index contributed by atoms with van der Waals surface area (Å²) < 4.78 is 2.65. The number of hydrogen-bond donors (Lipinski definition) is 2. The predicted molar refractivity (Wildman–Crippen MR) is 123 cm³/mol. The van der Waals surface area contributed by atoms with E-state index in [1.807, 2.05) is 36.4 Å². The maximum atomic E-state index is 13.3. The number of allylic oxidation sites excluding steroid dienone is 1. The zero-order valence-electron chi connectivity index (χ0n) is 17.1. The summed E-state index contributed by atoms with van der Waals surface area (Å²) in [5.41, 5.74) is 3.00. The molecule has 0 radical (unpaired) electrons. The molecule has 0 spiro atoms. The van der Waals surface area contributed by atoms with Gasteiger partial charge in [0.15, 0.2) is 0 Å². The lowest BCUT2D eigenvalue weighted by Crippen LogP contribution is -2.40. The van der Waals surface area contributed by atoms with Crippen LogP contribution in [0.1, 0.15) is 21.5 Å². The van der Waals surface area contributed by atoms with E-state index in [-0.39, 0.29) is 24.2 Å². The van der Waals surface area contributed by atoms with Crippen LogP contribution in [0.2, 0.25) is 0 Å². The topological polar surface area (TPSA) is 93.3 Å². The third-order valence-corrected chi connectivity index (χ3v) is 5.22. The molecule has 0 aliphatic rings. The molecule has 0 bridgehead atoms. The number of fused-ring (bicyclic) bond motifs is 1. The second-order valence-electron chi connectivity index (χ2n) is 7.21. The molecule has 32 heavy (non-hydrogen) atoms. The first-order chi connectivity index (χ1) is 15.6. The summed E-state index contributed by atoms with van der Waals surface area (Å²) in [4.78, 5) is 38.4. The quantitative estimate of drug-likeness (QED) is 0.365. The van der Waals surface area contributed by atoms with Gasteiger partial charge in [0.1, 0.15) is 0 Å². The highest BCUT2D eigenvalue weighted by Crippen LogP contribution is 2.14. The molecule has 160 valence electrons. The second-order valence-corrected chi connectivity index (χ2v) is 7.21. The molecule has 1 aromatic heterocycles. The number of benzene rings is 3. The highest BCUT2D eigenvalue weighted by Gasteiger charge is 2.16. The van der Waals surface area contributed by atoms with Crippen LogP contribution in [0.5, 0.6) is 0 Å². The van der Waals surface area contributed by atoms with Crippen molar-refractivity contribution in [1.82, 2.24) is 14.6 Å². The van der Waals surface area contributed by atoms with Crippen LogP contribution >= 0.6 is 0 Å². The standard InChI is InChI=1S/C25H21N3O4/c29-23(26-32)20-13-5-4-12-19(20)17-28-22-15-7-6-14-21(22)24(30)27(25(28)31)16-8-11-18-9-2-1-3-10-18/h1-15,32H,16-17H2,(H,26,29). The average molecular weight is 427 g/mol. The number of amides is 1. The molecule has 0 atom stereocenters. The van der Waals surface area contributed by atoms with Gasteiger partial charge in [-0.05, 0) is 29.3 Å². The van der Waals surface area contributed by atoms with Crippen LogP contribution in [-0.4, -0.2) is 20.2 Å². The first-order valence-corrected chi connectivity index (χ1v) is 10.1. The summed E-state index contributed by atoms with van der Waals surface area (Å²) in [6.07, 6.45) is 3.62. The summed E-state index contributed by atoms with van der Waals surface area (Å²) in [6, 6.07) is 23.2. The van der Waals surface area contributed by atoms with Gasteiger partial charge < -0.3 is 0 Å². The monoisotopic (exact) mass is 427 g/mol. The molecule has 0 aliphatic carbocycles. The number of para-hydroxylation sites is 1. The molecule has 3 aromatic carbocycles. The van der Waals surface area contributed by atoms with Crippen molar-refractivity contribution in [2.75, 3.05) is 0 Å². The number of nitrogens with zero attached hydrogens (tertiary/aromatic N) is 2. The van der Waals surface area contributed by atoms with E-state index >= 15 is 0 Å². The summed E-state index contributed by atoms with van der Waals surface area (Å²) in [6.45, 7) is 0.168. The zero-order chi connectivity index (χ0) is 22.5. The SMILES string of the molecule is O=C(NO)c1ccccc1Cn1c(=O)n(CC=Cc2ccccc2)c(=O)c2ccccc21. The maximum absolute atomic E-state index is 13.3. The molecule has 0 aliphatic heterocycles. The van der Waals surface area contributed by atoms with Crippen molar-refractivity contribution in [1.29, 1.82) is 0 Å². The van der Waals surface area contributed by atoms with Crippen molar-refractivity contribution in [2.24, 2.45) is 0 Å². The van der Waals surface area contributed by atoms with Gasteiger partial charge in [0.05, 0.1) is 17.4 Å². The van der Waals surface area contributed by atoms with E-state index in [9.17, 15) is 14.4 Å². The first-order valence-electron chi connectivity index (χ1n) is 10.1. The van der Waals surface area contributed by atoms with Crippen LogP contribution < -0.4 is 16.7 Å². The van der Waals surface area contributed by atoms with Gasteiger partial charge in [0, 0.05) is 12.1 Å². The molecule has 2 N–H and O–H groups in total. The Hall–Kier alpha value is -4.23. The summed E-state index contributed by atoms with van der Waals surface area (Å²) in [7, 11) is 0. The van der Waals surface area contributed by atoms with Gasteiger partial charge in [-0.3, -0.25) is 23.9 Å². The number of rotatable bonds is 6. The van der Waals surface area contributed by atoms with Crippen molar-refractivity contribution < 1.29 is 10.0 Å². The van der Waals surface area contributed by atoms with E-state index in [2.05, 4.69) is 0 Å². The van der Waals surface area contributed by atoms with E-state index in [0.717, 1.165) is 5.56 Å². The molecule has 7 heteroatoms. The molecule has 0 saturated heterocycles. The smallest absolute Gasteiger partial charge is 0.289 e. The molecule has 0 fully saturated rings. The van der Waals surface area contributed by atoms with E-state index in [0.29, 0.717) is 16.5 Å². The Balaban J connectivity index is 1.81. The normalized spacial score (nSPS) is 11.2. The number of aromatic nitrogens is 2. The van der Waals surface area contributed by atoms with E-state index in [4.69, 9.17) is 5.21 Å². The van der Waals surface area contributed by atoms with Crippen molar-refractivity contribution >= 4 is 22.9 Å². The van der Waals surface area contributed by atoms with Crippen molar-refractivity contribution in [2.45, 2.75) is 13.1 Å². The third-order valence-electron chi connectivity index (χ3n) is 5.22. The number of carbonyl (C=O) groups is 1. The van der Waals surface area contributed by atoms with Gasteiger partial charge in [-0.1, -0.05) is 72.8 Å². The predicted octanol–water partition coefficient (Wildman–Crippen LogP) is 3.04. The van der Waals surface area contributed by atoms with Crippen LogP contribution in [0.25, 0.3) is 17.0 Å². The Morgan fingerprint density at radius 2 is 1.56 bits per heavy atom. The van der Waals surface area contributed by atoms with Crippen LogP contribution in [0, 0.1) is 0 Å². The molecule has 4 aromatic rings. The highest BCUT2D eigenvalue weighted by atomic mass is 16.5. The number of hydroxylamine groups is 1. The van der Waals surface area contributed by atoms with Gasteiger partial charge in [0.2, 0.25) is 0 Å². The lowest BCUT2D eigenvalue weighted by molar-refractivity contribution is 0.0705. The molecule has 1 amide bonds. The maximum Gasteiger partial charge on any atom is 0.332 e. The van der Waals surface area contributed by atoms with Gasteiger partial charge in [-0.2, -0.15) is 0 Å². The first kappa shape index (κ1) is 21.0. The molecule has 0 saturated carbocycles. The minimum Gasteiger partial charge on any atom is -0.289 e. The molecule has 1 heterocycles. The molecular formula is C25H21N3O4. The highest BCUT2D eigenvalue weighted by molar-refractivity contribution is 5.94. The van der Waals surface area contributed by atoms with Crippen molar-refractivity contribution in [3.8, 4) is 0 Å². The van der Waals surface area contributed by atoms with E-state index in [1.54, 1.807) is 60.1 Å². The minimum absolute atomic E-state index is 0.0611. The number of hydrogen-bond acceptors (Lipinski definition) is 4. The number of carbonyl (C=O) groups excluding carboxylic acids is 1. The van der Waals surface area contributed by atoms with Gasteiger partial charge >= 0.3 is 5.69 Å². The molecule has 7 nitrogen and oxygen atoms in total. The van der Waals surface area contributed by atoms with Gasteiger partial charge in [0.25, 0.3) is 11.5 Å². The Kier molecular flexibility index (Phi) is 6.10. The van der Waals surface area contributed by atoms with Crippen LogP contribution in [-0.2, 0) is 13.1 Å². The molecule has 4 rings (SSSR count). The fourth-order valence-corrected chi connectivity index (χ4v) is 3.65. The largest absolute Gasteiger partial charge is 0.332 e.